The van der Waals surface area contributed by atoms with Crippen LogP contribution < -0.4 is 15.7 Å². The summed E-state index contributed by atoms with van der Waals surface area (Å²) in [7, 11) is 0. The van der Waals surface area contributed by atoms with Crippen LogP contribution >= 0.6 is 0 Å². The monoisotopic (exact) mass is 407 g/mol. The van der Waals surface area contributed by atoms with Gasteiger partial charge in [0.1, 0.15) is 12.1 Å². The fourth-order valence-electron chi connectivity index (χ4n) is 3.92. The Kier molecular flexibility index (Phi) is 6.01. The van der Waals surface area contributed by atoms with Crippen LogP contribution in [0.4, 0.5) is 0 Å². The van der Waals surface area contributed by atoms with E-state index in [1.807, 2.05) is 67.6 Å². The number of nitrogens with one attached hydrogen (secondary N) is 1. The molecule has 3 aromatic rings. The third-order valence-corrected chi connectivity index (χ3v) is 5.73. The number of hydrogen-bond donors (Lipinski definition) is 1. The first kappa shape index (κ1) is 20.4. The first-order valence-electron chi connectivity index (χ1n) is 10.6. The molecule has 1 aliphatic heterocycles. The van der Waals surface area contributed by atoms with Gasteiger partial charge in [-0.15, -0.1) is 0 Å². The molecule has 0 aliphatic carbocycles. The summed E-state index contributed by atoms with van der Waals surface area (Å²) in [6.07, 6.45) is 2.44. The van der Waals surface area contributed by atoms with Gasteiger partial charge in [0.25, 0.3) is 5.85 Å². The lowest BCUT2D eigenvalue weighted by Crippen LogP contribution is -2.63. The van der Waals surface area contributed by atoms with Crippen molar-refractivity contribution in [3.05, 3.63) is 83.0 Å². The average Bonchev–Trinajstić information content (AvgIpc) is 3.20. The van der Waals surface area contributed by atoms with Crippen LogP contribution in [0.15, 0.2) is 71.8 Å². The van der Waals surface area contributed by atoms with Gasteiger partial charge in [0.05, 0.1) is 6.04 Å². The molecular formula is C23H29N5O2. The molecule has 2 atom stereocenters. The van der Waals surface area contributed by atoms with Gasteiger partial charge in [0.2, 0.25) is 0 Å². The maximum absolute atomic E-state index is 13.6. The van der Waals surface area contributed by atoms with Crippen molar-refractivity contribution in [1.29, 1.82) is 0 Å². The summed E-state index contributed by atoms with van der Waals surface area (Å²) in [5.74, 6) is -0.434. The Morgan fingerprint density at radius 1 is 1.07 bits per heavy atom. The normalized spacial score (nSPS) is 17.9. The molecule has 0 radical (unpaired) electrons. The van der Waals surface area contributed by atoms with E-state index in [1.54, 1.807) is 15.6 Å². The summed E-state index contributed by atoms with van der Waals surface area (Å²) in [5.41, 5.74) is 0.712. The minimum Gasteiger partial charge on any atom is -0.450 e. The first-order chi connectivity index (χ1) is 14.7. The number of rotatable bonds is 7. The van der Waals surface area contributed by atoms with Gasteiger partial charge in [-0.05, 0) is 25.5 Å². The molecule has 30 heavy (non-hydrogen) atoms. The standard InChI is InChI=1S/C23H29N5O2/c1-3-19(2)28-22(29)27(18-25-28)23(20-10-6-4-7-11-20,26-16-14-24-15-17-26)30-21-12-8-5-9-13-21/h4-13,18-19,24H,3,14-17H2,1-2H3. The van der Waals surface area contributed by atoms with E-state index in [0.29, 0.717) is 5.75 Å². The summed E-state index contributed by atoms with van der Waals surface area (Å²) in [5, 5.41) is 7.85. The smallest absolute Gasteiger partial charge is 0.350 e. The Morgan fingerprint density at radius 2 is 1.70 bits per heavy atom. The fraction of sp³-hybridized carbons (Fsp3) is 0.391. The van der Waals surface area contributed by atoms with E-state index in [-0.39, 0.29) is 11.7 Å². The van der Waals surface area contributed by atoms with Gasteiger partial charge in [0.15, 0.2) is 0 Å². The van der Waals surface area contributed by atoms with Gasteiger partial charge in [0, 0.05) is 31.7 Å². The van der Waals surface area contributed by atoms with Gasteiger partial charge >= 0.3 is 5.69 Å². The van der Waals surface area contributed by atoms with Gasteiger partial charge in [-0.1, -0.05) is 55.5 Å². The van der Waals surface area contributed by atoms with Crippen molar-refractivity contribution in [2.75, 3.05) is 26.2 Å². The summed E-state index contributed by atoms with van der Waals surface area (Å²) in [6.45, 7) is 7.18. The zero-order valence-electron chi connectivity index (χ0n) is 17.6. The number of para-hydroxylation sites is 1. The van der Waals surface area contributed by atoms with Gasteiger partial charge in [-0.2, -0.15) is 5.10 Å². The summed E-state index contributed by atoms with van der Waals surface area (Å²) in [4.78, 5) is 15.8. The Balaban J connectivity index is 1.95. The molecule has 1 aliphatic rings. The predicted octanol–water partition coefficient (Wildman–Crippen LogP) is 2.66. The van der Waals surface area contributed by atoms with Crippen LogP contribution in [0.5, 0.6) is 5.75 Å². The third-order valence-electron chi connectivity index (χ3n) is 5.73. The predicted molar refractivity (Wildman–Crippen MR) is 117 cm³/mol. The molecule has 1 aromatic heterocycles. The number of piperazine rings is 1. The van der Waals surface area contributed by atoms with Crippen molar-refractivity contribution in [3.8, 4) is 5.75 Å². The van der Waals surface area contributed by atoms with Crippen molar-refractivity contribution >= 4 is 0 Å². The minimum absolute atomic E-state index is 0.00645. The zero-order chi connectivity index (χ0) is 21.0. The van der Waals surface area contributed by atoms with Crippen LogP contribution in [0, 0.1) is 0 Å². The number of nitrogens with zero attached hydrogens (tertiary/aromatic N) is 4. The molecule has 7 heteroatoms. The van der Waals surface area contributed by atoms with Crippen molar-refractivity contribution in [2.24, 2.45) is 0 Å². The first-order valence-corrected chi connectivity index (χ1v) is 10.6. The zero-order valence-corrected chi connectivity index (χ0v) is 17.6. The Bertz CT molecular complexity index is 995. The van der Waals surface area contributed by atoms with E-state index in [1.165, 1.54) is 0 Å². The SMILES string of the molecule is CCC(C)n1ncn(C(Oc2ccccc2)(c2ccccc2)N2CCNCC2)c1=O. The molecule has 0 bridgehead atoms. The number of hydrogen-bond acceptors (Lipinski definition) is 5. The minimum atomic E-state index is -1.13. The van der Waals surface area contributed by atoms with E-state index in [9.17, 15) is 4.79 Å². The van der Waals surface area contributed by atoms with Crippen LogP contribution in [0.1, 0.15) is 31.9 Å². The van der Waals surface area contributed by atoms with Crippen LogP contribution in [-0.4, -0.2) is 45.4 Å². The molecule has 1 saturated heterocycles. The highest BCUT2D eigenvalue weighted by Crippen LogP contribution is 2.33. The molecule has 158 valence electrons. The highest BCUT2D eigenvalue weighted by molar-refractivity contribution is 5.28. The molecule has 4 rings (SSSR count). The average molecular weight is 408 g/mol. The van der Waals surface area contributed by atoms with Crippen LogP contribution in [0.3, 0.4) is 0 Å². The second kappa shape index (κ2) is 8.85. The van der Waals surface area contributed by atoms with Gasteiger partial charge in [-0.3, -0.25) is 0 Å². The quantitative estimate of drug-likeness (QED) is 0.652. The molecule has 0 spiro atoms. The van der Waals surface area contributed by atoms with E-state index in [2.05, 4.69) is 22.2 Å². The summed E-state index contributed by atoms with van der Waals surface area (Å²) in [6, 6.07) is 19.6. The molecule has 1 N–H and O–H groups in total. The molecule has 7 nitrogen and oxygen atoms in total. The number of aromatic nitrogens is 3. The molecule has 2 heterocycles. The number of ether oxygens (including phenoxy) is 1. The second-order valence-corrected chi connectivity index (χ2v) is 7.61. The second-order valence-electron chi connectivity index (χ2n) is 7.61. The van der Waals surface area contributed by atoms with E-state index >= 15 is 0 Å². The van der Waals surface area contributed by atoms with Crippen molar-refractivity contribution in [3.63, 3.8) is 0 Å². The van der Waals surface area contributed by atoms with E-state index in [4.69, 9.17) is 4.74 Å². The lowest BCUT2D eigenvalue weighted by Gasteiger charge is -2.45. The van der Waals surface area contributed by atoms with Crippen molar-refractivity contribution < 1.29 is 4.74 Å². The molecule has 1 fully saturated rings. The molecule has 2 unspecified atom stereocenters. The highest BCUT2D eigenvalue weighted by Gasteiger charge is 2.45. The maximum Gasteiger partial charge on any atom is 0.350 e. The summed E-state index contributed by atoms with van der Waals surface area (Å²) >= 11 is 0. The Labute approximate surface area is 176 Å². The third kappa shape index (κ3) is 3.66. The lowest BCUT2D eigenvalue weighted by molar-refractivity contribution is -0.124. The number of benzene rings is 2. The van der Waals surface area contributed by atoms with Gasteiger partial charge in [-0.25, -0.2) is 18.9 Å². The molecule has 0 saturated carbocycles. The largest absolute Gasteiger partial charge is 0.450 e. The van der Waals surface area contributed by atoms with Crippen molar-refractivity contribution in [1.82, 2.24) is 24.6 Å². The Hall–Kier alpha value is -2.90. The van der Waals surface area contributed by atoms with Crippen LogP contribution in [0.25, 0.3) is 0 Å². The Morgan fingerprint density at radius 3 is 2.33 bits per heavy atom. The van der Waals surface area contributed by atoms with Crippen molar-refractivity contribution in [2.45, 2.75) is 32.2 Å². The topological polar surface area (TPSA) is 64.3 Å². The fourth-order valence-corrected chi connectivity index (χ4v) is 3.92. The lowest BCUT2D eigenvalue weighted by atomic mass is 10.1. The maximum atomic E-state index is 13.6. The summed E-state index contributed by atoms with van der Waals surface area (Å²) < 4.78 is 9.92. The van der Waals surface area contributed by atoms with E-state index < -0.39 is 5.85 Å². The molecule has 0 amide bonds. The highest BCUT2D eigenvalue weighted by atomic mass is 16.5. The molecule has 2 aromatic carbocycles. The van der Waals surface area contributed by atoms with E-state index in [0.717, 1.165) is 38.2 Å². The van der Waals surface area contributed by atoms with Crippen LogP contribution in [0.2, 0.25) is 0 Å². The molecular weight excluding hydrogens is 378 g/mol. The van der Waals surface area contributed by atoms with Gasteiger partial charge < -0.3 is 10.1 Å². The van der Waals surface area contributed by atoms with Crippen LogP contribution in [-0.2, 0) is 5.85 Å².